The number of aryl methyl sites for hydroxylation is 1. The number of imidazole rings is 1. The van der Waals surface area contributed by atoms with Crippen molar-refractivity contribution >= 4 is 0 Å². The molecule has 1 heterocycles. The summed E-state index contributed by atoms with van der Waals surface area (Å²) in [6.45, 7) is 5.66. The molecule has 0 saturated carbocycles. The second-order valence-corrected chi connectivity index (χ2v) is 4.78. The highest BCUT2D eigenvalue weighted by Crippen LogP contribution is 2.22. The first-order valence-electron chi connectivity index (χ1n) is 7.18. The summed E-state index contributed by atoms with van der Waals surface area (Å²) in [6.07, 6.45) is 4.42. The highest BCUT2D eigenvalue weighted by atomic mass is 16.5. The first kappa shape index (κ1) is 14.8. The third-order valence-corrected chi connectivity index (χ3v) is 3.42. The lowest BCUT2D eigenvalue weighted by atomic mass is 10.00. The van der Waals surface area contributed by atoms with Crippen molar-refractivity contribution in [3.63, 3.8) is 0 Å². The van der Waals surface area contributed by atoms with Gasteiger partial charge in [-0.05, 0) is 19.4 Å². The molecular formula is C16H23N3O. The van der Waals surface area contributed by atoms with Crippen LogP contribution in [0.15, 0.2) is 42.7 Å². The van der Waals surface area contributed by atoms with E-state index in [0.29, 0.717) is 13.0 Å². The van der Waals surface area contributed by atoms with Crippen molar-refractivity contribution in [2.75, 3.05) is 6.61 Å². The van der Waals surface area contributed by atoms with E-state index in [2.05, 4.69) is 28.6 Å². The Balaban J connectivity index is 2.13. The number of aromatic nitrogens is 2. The molecule has 2 atom stereocenters. The van der Waals surface area contributed by atoms with Gasteiger partial charge in [0.25, 0.3) is 0 Å². The summed E-state index contributed by atoms with van der Waals surface area (Å²) in [5.74, 6) is 1.01. The van der Waals surface area contributed by atoms with Crippen LogP contribution >= 0.6 is 0 Å². The minimum absolute atomic E-state index is 0.0943. The van der Waals surface area contributed by atoms with Crippen molar-refractivity contribution in [2.45, 2.75) is 39.0 Å². The third-order valence-electron chi connectivity index (χ3n) is 3.42. The summed E-state index contributed by atoms with van der Waals surface area (Å²) >= 11 is 0. The number of hydrogen-bond acceptors (Lipinski definition) is 3. The molecule has 0 aliphatic heterocycles. The van der Waals surface area contributed by atoms with Gasteiger partial charge in [-0.15, -0.1) is 0 Å². The largest absolute Gasteiger partial charge is 0.372 e. The van der Waals surface area contributed by atoms with Gasteiger partial charge in [-0.25, -0.2) is 4.98 Å². The Kier molecular flexibility index (Phi) is 5.32. The number of benzene rings is 1. The Morgan fingerprint density at radius 2 is 2.00 bits per heavy atom. The van der Waals surface area contributed by atoms with E-state index in [9.17, 15) is 0 Å². The Bertz CT molecular complexity index is 509. The van der Waals surface area contributed by atoms with E-state index in [4.69, 9.17) is 10.5 Å². The van der Waals surface area contributed by atoms with E-state index in [1.165, 1.54) is 0 Å². The molecule has 0 bridgehead atoms. The average molecular weight is 273 g/mol. The van der Waals surface area contributed by atoms with Gasteiger partial charge in [-0.1, -0.05) is 30.3 Å². The molecule has 2 aromatic rings. The zero-order valence-corrected chi connectivity index (χ0v) is 12.2. The number of ether oxygens (including phenoxy) is 1. The van der Waals surface area contributed by atoms with Gasteiger partial charge >= 0.3 is 0 Å². The second kappa shape index (κ2) is 7.22. The molecule has 2 N–H and O–H groups in total. The SMILES string of the molecule is CCOC(c1ccccc1)C(N)Cc1nccn1CC. The Morgan fingerprint density at radius 3 is 2.65 bits per heavy atom. The van der Waals surface area contributed by atoms with Crippen LogP contribution in [0, 0.1) is 0 Å². The first-order valence-corrected chi connectivity index (χ1v) is 7.18. The summed E-state index contributed by atoms with van der Waals surface area (Å²) in [7, 11) is 0. The van der Waals surface area contributed by atoms with Gasteiger partial charge in [-0.2, -0.15) is 0 Å². The van der Waals surface area contributed by atoms with Crippen LogP contribution in [0.5, 0.6) is 0 Å². The van der Waals surface area contributed by atoms with Crippen LogP contribution < -0.4 is 5.73 Å². The van der Waals surface area contributed by atoms with Crippen molar-refractivity contribution < 1.29 is 4.74 Å². The van der Waals surface area contributed by atoms with Gasteiger partial charge in [0.15, 0.2) is 0 Å². The third kappa shape index (κ3) is 3.46. The van der Waals surface area contributed by atoms with Gasteiger partial charge in [0.1, 0.15) is 5.82 Å². The summed E-state index contributed by atoms with van der Waals surface area (Å²) in [4.78, 5) is 4.39. The smallest absolute Gasteiger partial charge is 0.110 e. The lowest BCUT2D eigenvalue weighted by molar-refractivity contribution is 0.0427. The fourth-order valence-corrected chi connectivity index (χ4v) is 2.43. The Morgan fingerprint density at radius 1 is 1.25 bits per heavy atom. The Hall–Kier alpha value is -1.65. The molecule has 2 rings (SSSR count). The molecule has 0 amide bonds. The average Bonchev–Trinajstić information content (AvgIpc) is 2.92. The predicted octanol–water partition coefficient (Wildman–Crippen LogP) is 2.55. The molecule has 108 valence electrons. The number of nitrogens with two attached hydrogens (primary N) is 1. The summed E-state index contributed by atoms with van der Waals surface area (Å²) in [5.41, 5.74) is 7.49. The molecule has 4 heteroatoms. The maximum absolute atomic E-state index is 6.37. The normalized spacial score (nSPS) is 14.2. The van der Waals surface area contributed by atoms with Crippen molar-refractivity contribution in [2.24, 2.45) is 5.73 Å². The topological polar surface area (TPSA) is 53.1 Å². The fraction of sp³-hybridized carbons (Fsp3) is 0.438. The predicted molar refractivity (Wildman–Crippen MR) is 80.4 cm³/mol. The molecule has 20 heavy (non-hydrogen) atoms. The highest BCUT2D eigenvalue weighted by Gasteiger charge is 2.21. The molecule has 0 spiro atoms. The molecule has 0 saturated heterocycles. The van der Waals surface area contributed by atoms with Crippen molar-refractivity contribution in [3.05, 3.63) is 54.1 Å². The summed E-state index contributed by atoms with van der Waals surface area (Å²) in [6, 6.07) is 10.0. The van der Waals surface area contributed by atoms with Gasteiger partial charge in [0.2, 0.25) is 0 Å². The van der Waals surface area contributed by atoms with Crippen LogP contribution in [-0.4, -0.2) is 22.2 Å². The molecule has 0 radical (unpaired) electrons. The van der Waals surface area contributed by atoms with E-state index >= 15 is 0 Å². The van der Waals surface area contributed by atoms with E-state index in [1.807, 2.05) is 37.5 Å². The van der Waals surface area contributed by atoms with E-state index in [-0.39, 0.29) is 12.1 Å². The minimum Gasteiger partial charge on any atom is -0.372 e. The molecule has 0 aliphatic rings. The van der Waals surface area contributed by atoms with Crippen LogP contribution in [0.1, 0.15) is 31.3 Å². The minimum atomic E-state index is -0.106. The number of rotatable bonds is 7. The molecule has 2 unspecified atom stereocenters. The molecule has 1 aromatic carbocycles. The molecule has 1 aromatic heterocycles. The molecule has 4 nitrogen and oxygen atoms in total. The van der Waals surface area contributed by atoms with Crippen molar-refractivity contribution in [1.29, 1.82) is 0 Å². The molecule has 0 fully saturated rings. The highest BCUT2D eigenvalue weighted by molar-refractivity contribution is 5.19. The van der Waals surface area contributed by atoms with Crippen LogP contribution in [0.25, 0.3) is 0 Å². The van der Waals surface area contributed by atoms with Crippen molar-refractivity contribution in [1.82, 2.24) is 9.55 Å². The maximum Gasteiger partial charge on any atom is 0.110 e. The van der Waals surface area contributed by atoms with E-state index < -0.39 is 0 Å². The first-order chi connectivity index (χ1) is 9.76. The fourth-order valence-electron chi connectivity index (χ4n) is 2.43. The van der Waals surface area contributed by atoms with E-state index in [1.54, 1.807) is 0 Å². The zero-order valence-electron chi connectivity index (χ0n) is 12.2. The lowest BCUT2D eigenvalue weighted by Crippen LogP contribution is -2.33. The van der Waals surface area contributed by atoms with Crippen LogP contribution in [0.4, 0.5) is 0 Å². The molecule has 0 aliphatic carbocycles. The van der Waals surface area contributed by atoms with Gasteiger partial charge in [0.05, 0.1) is 6.10 Å². The van der Waals surface area contributed by atoms with Crippen LogP contribution in [-0.2, 0) is 17.7 Å². The van der Waals surface area contributed by atoms with Crippen LogP contribution in [0.2, 0.25) is 0 Å². The van der Waals surface area contributed by atoms with E-state index in [0.717, 1.165) is 17.9 Å². The lowest BCUT2D eigenvalue weighted by Gasteiger charge is -2.24. The number of hydrogen-bond donors (Lipinski definition) is 1. The Labute approximate surface area is 120 Å². The summed E-state index contributed by atoms with van der Waals surface area (Å²) in [5, 5.41) is 0. The quantitative estimate of drug-likeness (QED) is 0.843. The van der Waals surface area contributed by atoms with Gasteiger partial charge in [0, 0.05) is 38.0 Å². The van der Waals surface area contributed by atoms with Gasteiger partial charge in [-0.3, -0.25) is 0 Å². The molecular weight excluding hydrogens is 250 g/mol. The summed E-state index contributed by atoms with van der Waals surface area (Å²) < 4.78 is 7.97. The number of nitrogens with zero attached hydrogens (tertiary/aromatic N) is 2. The van der Waals surface area contributed by atoms with Gasteiger partial charge < -0.3 is 15.0 Å². The second-order valence-electron chi connectivity index (χ2n) is 4.78. The zero-order chi connectivity index (χ0) is 14.4. The maximum atomic E-state index is 6.37. The van der Waals surface area contributed by atoms with Crippen molar-refractivity contribution in [3.8, 4) is 0 Å². The standard InChI is InChI=1S/C16H23N3O/c1-3-19-11-10-18-15(19)12-14(17)16(20-4-2)13-8-6-5-7-9-13/h5-11,14,16H,3-4,12,17H2,1-2H3. The van der Waals surface area contributed by atoms with Crippen LogP contribution in [0.3, 0.4) is 0 Å². The monoisotopic (exact) mass is 273 g/mol.